The van der Waals surface area contributed by atoms with Crippen LogP contribution in [0.15, 0.2) is 103 Å². The summed E-state index contributed by atoms with van der Waals surface area (Å²) < 4.78 is 2.32. The van der Waals surface area contributed by atoms with Crippen LogP contribution in [-0.4, -0.2) is 9.55 Å². The van der Waals surface area contributed by atoms with Crippen molar-refractivity contribution in [3.63, 3.8) is 0 Å². The van der Waals surface area contributed by atoms with Crippen LogP contribution >= 0.6 is 0 Å². The van der Waals surface area contributed by atoms with Crippen molar-refractivity contribution in [1.29, 1.82) is 0 Å². The lowest BCUT2D eigenvalue weighted by Crippen LogP contribution is -2.00. The topological polar surface area (TPSA) is 17.8 Å². The van der Waals surface area contributed by atoms with Gasteiger partial charge in [-0.1, -0.05) is 87.4 Å². The number of hydrogen-bond donors (Lipinski definition) is 0. The third-order valence-corrected chi connectivity index (χ3v) is 8.65. The highest BCUT2D eigenvalue weighted by Gasteiger charge is 2.18. The van der Waals surface area contributed by atoms with Gasteiger partial charge in [-0.05, 0) is 128 Å². The third-order valence-electron chi connectivity index (χ3n) is 8.65. The van der Waals surface area contributed by atoms with E-state index < -0.39 is 0 Å². The number of aryl methyl sites for hydroxylation is 1. The highest BCUT2D eigenvalue weighted by Crippen LogP contribution is 2.38. The zero-order valence-corrected chi connectivity index (χ0v) is 26.2. The molecular weight excluding hydrogens is 508 g/mol. The van der Waals surface area contributed by atoms with Gasteiger partial charge in [-0.2, -0.15) is 0 Å². The number of para-hydroxylation sites is 3. The van der Waals surface area contributed by atoms with Crippen molar-refractivity contribution in [1.82, 2.24) is 9.55 Å². The van der Waals surface area contributed by atoms with Gasteiger partial charge in [0.05, 0.1) is 11.0 Å². The first-order valence-electron chi connectivity index (χ1n) is 15.6. The van der Waals surface area contributed by atoms with Gasteiger partial charge in [0.2, 0.25) is 0 Å². The monoisotopic (exact) mass is 552 g/mol. The molecule has 0 aliphatic heterocycles. The molecule has 0 bridgehead atoms. The van der Waals surface area contributed by atoms with E-state index in [0.29, 0.717) is 0 Å². The molecule has 0 radical (unpaired) electrons. The number of hydrogen-bond acceptors (Lipinski definition) is 1. The highest BCUT2D eigenvalue weighted by atomic mass is 15.1. The van der Waals surface area contributed by atoms with Crippen molar-refractivity contribution < 1.29 is 0 Å². The minimum Gasteiger partial charge on any atom is -0.292 e. The Hall–Kier alpha value is -4.17. The second-order valence-electron chi connectivity index (χ2n) is 11.4. The van der Waals surface area contributed by atoms with E-state index in [0.717, 1.165) is 47.4 Å². The van der Waals surface area contributed by atoms with Crippen LogP contribution in [-0.2, 0) is 0 Å². The van der Waals surface area contributed by atoms with Crippen molar-refractivity contribution in [2.75, 3.05) is 0 Å². The lowest BCUT2D eigenvalue weighted by molar-refractivity contribution is 0.818. The highest BCUT2D eigenvalue weighted by molar-refractivity contribution is 5.93. The normalized spacial score (nSPS) is 12.8. The lowest BCUT2D eigenvalue weighted by atomic mass is 9.87. The molecule has 5 aromatic rings. The van der Waals surface area contributed by atoms with Crippen LogP contribution in [0.3, 0.4) is 0 Å². The molecule has 0 saturated carbocycles. The van der Waals surface area contributed by atoms with Gasteiger partial charge in [-0.3, -0.25) is 4.57 Å². The SMILES string of the molecule is CCCCC(=C(C)CC)c1cc(/C(C)=C(\CC)c2ccccc2C)cc(-c2nc3ccccc3n2-c2ccccc2)c1. The van der Waals surface area contributed by atoms with E-state index >= 15 is 0 Å². The molecule has 0 N–H and O–H groups in total. The van der Waals surface area contributed by atoms with E-state index in [1.807, 2.05) is 0 Å². The Morgan fingerprint density at radius 2 is 1.40 bits per heavy atom. The van der Waals surface area contributed by atoms with Crippen LogP contribution in [0.25, 0.3) is 44.8 Å². The Bertz CT molecular complexity index is 1750. The summed E-state index contributed by atoms with van der Waals surface area (Å²) in [4.78, 5) is 5.26. The van der Waals surface area contributed by atoms with E-state index in [2.05, 4.69) is 143 Å². The molecule has 0 unspecified atom stereocenters. The molecule has 1 aromatic heterocycles. The van der Waals surface area contributed by atoms with Gasteiger partial charge in [0.15, 0.2) is 0 Å². The van der Waals surface area contributed by atoms with Crippen LogP contribution in [0.4, 0.5) is 0 Å². The number of allylic oxidation sites excluding steroid dienone is 4. The molecule has 0 amide bonds. The van der Waals surface area contributed by atoms with Gasteiger partial charge >= 0.3 is 0 Å². The average Bonchev–Trinajstić information content (AvgIpc) is 3.42. The van der Waals surface area contributed by atoms with E-state index in [1.54, 1.807) is 0 Å². The molecule has 0 fully saturated rings. The Labute approximate surface area is 252 Å². The maximum atomic E-state index is 5.26. The second-order valence-corrected chi connectivity index (χ2v) is 11.4. The molecule has 0 atom stereocenters. The summed E-state index contributed by atoms with van der Waals surface area (Å²) in [6, 6.07) is 35.1. The predicted molar refractivity (Wildman–Crippen MR) is 183 cm³/mol. The Morgan fingerprint density at radius 1 is 0.714 bits per heavy atom. The van der Waals surface area contributed by atoms with Gasteiger partial charge in [-0.15, -0.1) is 0 Å². The van der Waals surface area contributed by atoms with Crippen molar-refractivity contribution >= 4 is 27.8 Å². The van der Waals surface area contributed by atoms with Gasteiger partial charge in [0.25, 0.3) is 0 Å². The number of benzene rings is 4. The summed E-state index contributed by atoms with van der Waals surface area (Å²) in [5, 5.41) is 0. The van der Waals surface area contributed by atoms with Crippen molar-refractivity contribution in [3.8, 4) is 17.1 Å². The largest absolute Gasteiger partial charge is 0.292 e. The molecule has 5 rings (SSSR count). The Morgan fingerprint density at radius 3 is 2.12 bits per heavy atom. The van der Waals surface area contributed by atoms with Crippen LogP contribution < -0.4 is 0 Å². The molecule has 4 aromatic carbocycles. The third kappa shape index (κ3) is 5.90. The molecule has 2 heteroatoms. The summed E-state index contributed by atoms with van der Waals surface area (Å²) in [7, 11) is 0. The second kappa shape index (κ2) is 13.2. The fourth-order valence-electron chi connectivity index (χ4n) is 6.12. The fraction of sp³-hybridized carbons (Fsp3) is 0.275. The van der Waals surface area contributed by atoms with Gasteiger partial charge in [0.1, 0.15) is 5.82 Å². The van der Waals surface area contributed by atoms with Crippen LogP contribution in [0, 0.1) is 6.92 Å². The molecule has 0 aliphatic rings. The summed E-state index contributed by atoms with van der Waals surface area (Å²) in [5.74, 6) is 0.983. The predicted octanol–water partition coefficient (Wildman–Crippen LogP) is 11.7. The fourth-order valence-corrected chi connectivity index (χ4v) is 6.12. The number of rotatable bonds is 10. The minimum absolute atomic E-state index is 0.977. The molecule has 2 nitrogen and oxygen atoms in total. The zero-order chi connectivity index (χ0) is 29.6. The standard InChI is InChI=1S/C40H44N2/c1-7-10-21-36(28(4)8-2)32-25-31(30(6)35(9-3)37-22-15-14-18-29(37)5)26-33(27-32)40-41-38-23-16-17-24-39(38)42(40)34-19-12-11-13-20-34/h11-20,22-27H,7-10,21H2,1-6H3/b35-30+,36-28?. The van der Waals surface area contributed by atoms with Crippen LogP contribution in [0.5, 0.6) is 0 Å². The summed E-state index contributed by atoms with van der Waals surface area (Å²) in [5.41, 5.74) is 15.4. The van der Waals surface area contributed by atoms with Crippen molar-refractivity contribution in [2.45, 2.75) is 73.6 Å². The number of nitrogens with zero attached hydrogens (tertiary/aromatic N) is 2. The average molecular weight is 553 g/mol. The van der Waals surface area contributed by atoms with Crippen molar-refractivity contribution in [2.24, 2.45) is 0 Å². The molecule has 214 valence electrons. The van der Waals surface area contributed by atoms with Gasteiger partial charge < -0.3 is 0 Å². The van der Waals surface area contributed by atoms with Gasteiger partial charge in [-0.25, -0.2) is 4.98 Å². The van der Waals surface area contributed by atoms with E-state index in [1.165, 1.54) is 57.4 Å². The molecule has 0 aliphatic carbocycles. The summed E-state index contributed by atoms with van der Waals surface area (Å²) in [6.45, 7) is 13.7. The quantitative estimate of drug-likeness (QED) is 0.158. The smallest absolute Gasteiger partial charge is 0.145 e. The maximum absolute atomic E-state index is 5.26. The maximum Gasteiger partial charge on any atom is 0.145 e. The number of imidazole rings is 1. The van der Waals surface area contributed by atoms with E-state index in [-0.39, 0.29) is 0 Å². The summed E-state index contributed by atoms with van der Waals surface area (Å²) in [6.07, 6.45) is 5.50. The van der Waals surface area contributed by atoms with Gasteiger partial charge in [0, 0.05) is 11.3 Å². The number of fused-ring (bicyclic) bond motifs is 1. The Balaban J connectivity index is 1.83. The number of unbranched alkanes of at least 4 members (excludes halogenated alkanes) is 1. The minimum atomic E-state index is 0.977. The first-order valence-corrected chi connectivity index (χ1v) is 15.6. The van der Waals surface area contributed by atoms with Crippen LogP contribution in [0.2, 0.25) is 0 Å². The lowest BCUT2D eigenvalue weighted by Gasteiger charge is -2.19. The van der Waals surface area contributed by atoms with E-state index in [9.17, 15) is 0 Å². The molecule has 1 heterocycles. The van der Waals surface area contributed by atoms with Crippen molar-refractivity contribution in [3.05, 3.63) is 125 Å². The summed E-state index contributed by atoms with van der Waals surface area (Å²) >= 11 is 0. The molecule has 0 saturated heterocycles. The molecular formula is C40H44N2. The molecule has 0 spiro atoms. The first kappa shape index (κ1) is 29.3. The molecule has 42 heavy (non-hydrogen) atoms. The number of aromatic nitrogens is 2. The first-order chi connectivity index (χ1) is 20.5. The Kier molecular flexibility index (Phi) is 9.22. The van der Waals surface area contributed by atoms with Crippen LogP contribution in [0.1, 0.15) is 89.0 Å². The zero-order valence-electron chi connectivity index (χ0n) is 26.2. The van der Waals surface area contributed by atoms with E-state index in [4.69, 9.17) is 4.98 Å².